The van der Waals surface area contributed by atoms with Gasteiger partial charge < -0.3 is 14.5 Å². The molecule has 5 nitrogen and oxygen atoms in total. The van der Waals surface area contributed by atoms with Gasteiger partial charge in [0.2, 0.25) is 5.56 Å². The molecule has 0 amide bonds. The molecule has 0 bridgehead atoms. The summed E-state index contributed by atoms with van der Waals surface area (Å²) in [6.45, 7) is 0.510. The van der Waals surface area contributed by atoms with Crippen LogP contribution in [-0.4, -0.2) is 25.0 Å². The number of rotatable bonds is 6. The predicted octanol–water partition coefficient (Wildman–Crippen LogP) is 3.55. The molecule has 2 atom stereocenters. The smallest absolute Gasteiger partial charge is 0.248 e. The zero-order valence-corrected chi connectivity index (χ0v) is 14.4. The van der Waals surface area contributed by atoms with Crippen molar-refractivity contribution in [1.82, 2.24) is 4.98 Å². The molecule has 1 aliphatic carbocycles. The molecular formula is C20H23NO4. The molecule has 2 aromatic rings. The van der Waals surface area contributed by atoms with Gasteiger partial charge in [-0.25, -0.2) is 0 Å². The Labute approximate surface area is 147 Å². The van der Waals surface area contributed by atoms with E-state index in [1.165, 1.54) is 30.7 Å². The van der Waals surface area contributed by atoms with Crippen LogP contribution in [0.15, 0.2) is 41.3 Å². The molecule has 1 N–H and O–H groups in total. The molecule has 1 aromatic heterocycles. The minimum atomic E-state index is -0.306. The zero-order chi connectivity index (χ0) is 17.6. The highest BCUT2D eigenvalue weighted by Gasteiger charge is 2.29. The van der Waals surface area contributed by atoms with E-state index in [0.717, 1.165) is 18.6 Å². The first-order valence-electron chi connectivity index (χ1n) is 8.66. The Morgan fingerprint density at radius 3 is 2.80 bits per heavy atom. The number of aldehydes is 1. The molecule has 3 rings (SSSR count). The van der Waals surface area contributed by atoms with Gasteiger partial charge in [-0.3, -0.25) is 9.59 Å². The van der Waals surface area contributed by atoms with Gasteiger partial charge in [-0.1, -0.05) is 31.0 Å². The Kier molecular flexibility index (Phi) is 5.53. The number of aromatic amines is 1. The summed E-state index contributed by atoms with van der Waals surface area (Å²) in [4.78, 5) is 25.0. The summed E-state index contributed by atoms with van der Waals surface area (Å²) in [5.74, 6) is 2.06. The molecular weight excluding hydrogens is 318 g/mol. The van der Waals surface area contributed by atoms with Crippen LogP contribution in [0.25, 0.3) is 0 Å². The summed E-state index contributed by atoms with van der Waals surface area (Å²) in [5.41, 5.74) is 1.20. The lowest BCUT2D eigenvalue weighted by molar-refractivity contribution is 0.111. The molecule has 0 aliphatic heterocycles. The molecule has 1 aliphatic rings. The SMILES string of the molecule is COc1ccccc1C1CCCCC1COc1c[nH]c(=O)cc1C=O. The number of para-hydroxylation sites is 1. The Bertz CT molecular complexity index is 783. The summed E-state index contributed by atoms with van der Waals surface area (Å²) in [6, 6.07) is 9.40. The van der Waals surface area contributed by atoms with Crippen LogP contribution in [0.4, 0.5) is 0 Å². The second-order valence-electron chi connectivity index (χ2n) is 6.44. The van der Waals surface area contributed by atoms with Crippen LogP contribution >= 0.6 is 0 Å². The maximum atomic E-state index is 11.3. The maximum absolute atomic E-state index is 11.3. The molecule has 132 valence electrons. The molecule has 0 spiro atoms. The summed E-state index contributed by atoms with van der Waals surface area (Å²) >= 11 is 0. The van der Waals surface area contributed by atoms with E-state index in [4.69, 9.17) is 9.47 Å². The number of nitrogens with one attached hydrogen (secondary N) is 1. The Hall–Kier alpha value is -2.56. The van der Waals surface area contributed by atoms with E-state index in [9.17, 15) is 9.59 Å². The van der Waals surface area contributed by atoms with Gasteiger partial charge in [-0.2, -0.15) is 0 Å². The molecule has 1 saturated carbocycles. The number of H-pyrrole nitrogens is 1. The van der Waals surface area contributed by atoms with Crippen LogP contribution in [0.5, 0.6) is 11.5 Å². The Balaban J connectivity index is 1.78. The van der Waals surface area contributed by atoms with E-state index < -0.39 is 0 Å². The minimum Gasteiger partial charge on any atom is -0.496 e. The van der Waals surface area contributed by atoms with Crippen molar-refractivity contribution in [2.75, 3.05) is 13.7 Å². The van der Waals surface area contributed by atoms with Gasteiger partial charge in [0, 0.05) is 12.3 Å². The quantitative estimate of drug-likeness (QED) is 0.816. The first kappa shape index (κ1) is 17.3. The number of aromatic nitrogens is 1. The van der Waals surface area contributed by atoms with Crippen molar-refractivity contribution in [1.29, 1.82) is 0 Å². The number of hydrogen-bond acceptors (Lipinski definition) is 4. The number of hydrogen-bond donors (Lipinski definition) is 1. The third-order valence-corrected chi connectivity index (χ3v) is 4.94. The fourth-order valence-corrected chi connectivity index (χ4v) is 3.68. The number of benzene rings is 1. The number of methoxy groups -OCH3 is 1. The normalized spacial score (nSPS) is 20.0. The van der Waals surface area contributed by atoms with Crippen molar-refractivity contribution in [2.45, 2.75) is 31.6 Å². The standard InChI is InChI=1S/C20H23NO4/c1-24-18-9-5-4-8-17(18)16-7-3-2-6-14(16)13-25-19-11-21-20(23)10-15(19)12-22/h4-5,8-12,14,16H,2-3,6-7,13H2,1H3,(H,21,23). The minimum absolute atomic E-state index is 0.286. The van der Waals surface area contributed by atoms with Crippen molar-refractivity contribution in [3.63, 3.8) is 0 Å². The van der Waals surface area contributed by atoms with E-state index in [0.29, 0.717) is 30.5 Å². The molecule has 0 radical (unpaired) electrons. The maximum Gasteiger partial charge on any atom is 0.248 e. The molecule has 0 saturated heterocycles. The average Bonchev–Trinajstić information content (AvgIpc) is 2.67. The van der Waals surface area contributed by atoms with E-state index in [-0.39, 0.29) is 11.1 Å². The average molecular weight is 341 g/mol. The van der Waals surface area contributed by atoms with Crippen molar-refractivity contribution in [3.05, 3.63) is 58.0 Å². The molecule has 1 aromatic carbocycles. The number of carbonyl (C=O) groups is 1. The summed E-state index contributed by atoms with van der Waals surface area (Å²) in [5, 5.41) is 0. The topological polar surface area (TPSA) is 68.4 Å². The van der Waals surface area contributed by atoms with E-state index in [1.54, 1.807) is 7.11 Å². The highest BCUT2D eigenvalue weighted by Crippen LogP contribution is 2.41. The summed E-state index contributed by atoms with van der Waals surface area (Å²) in [7, 11) is 1.70. The summed E-state index contributed by atoms with van der Waals surface area (Å²) < 4.78 is 11.4. The van der Waals surface area contributed by atoms with E-state index in [2.05, 4.69) is 11.1 Å². The second kappa shape index (κ2) is 8.01. The largest absolute Gasteiger partial charge is 0.496 e. The third kappa shape index (κ3) is 3.92. The van der Waals surface area contributed by atoms with Crippen LogP contribution in [0, 0.1) is 5.92 Å². The van der Waals surface area contributed by atoms with Gasteiger partial charge in [-0.05, 0) is 36.3 Å². The lowest BCUT2D eigenvalue weighted by atomic mass is 9.75. The lowest BCUT2D eigenvalue weighted by Gasteiger charge is -2.32. The van der Waals surface area contributed by atoms with Gasteiger partial charge in [0.15, 0.2) is 6.29 Å². The highest BCUT2D eigenvalue weighted by atomic mass is 16.5. The lowest BCUT2D eigenvalue weighted by Crippen LogP contribution is -2.24. The highest BCUT2D eigenvalue weighted by molar-refractivity contribution is 5.78. The Morgan fingerprint density at radius 2 is 2.00 bits per heavy atom. The predicted molar refractivity (Wildman–Crippen MR) is 95.6 cm³/mol. The fourth-order valence-electron chi connectivity index (χ4n) is 3.68. The van der Waals surface area contributed by atoms with Gasteiger partial charge in [0.05, 0.1) is 19.3 Å². The van der Waals surface area contributed by atoms with Crippen molar-refractivity contribution in [3.8, 4) is 11.5 Å². The van der Waals surface area contributed by atoms with Crippen LogP contribution in [0.2, 0.25) is 0 Å². The van der Waals surface area contributed by atoms with Crippen LogP contribution < -0.4 is 15.0 Å². The van der Waals surface area contributed by atoms with Gasteiger partial charge >= 0.3 is 0 Å². The first-order valence-corrected chi connectivity index (χ1v) is 8.66. The molecule has 1 heterocycles. The molecule has 2 unspecified atom stereocenters. The van der Waals surface area contributed by atoms with Crippen molar-refractivity contribution >= 4 is 6.29 Å². The first-order chi connectivity index (χ1) is 12.2. The van der Waals surface area contributed by atoms with Crippen LogP contribution in [0.3, 0.4) is 0 Å². The van der Waals surface area contributed by atoms with Crippen LogP contribution in [0.1, 0.15) is 47.5 Å². The zero-order valence-electron chi connectivity index (χ0n) is 14.4. The van der Waals surface area contributed by atoms with Gasteiger partial charge in [-0.15, -0.1) is 0 Å². The van der Waals surface area contributed by atoms with Gasteiger partial charge in [0.1, 0.15) is 11.5 Å². The molecule has 5 heteroatoms. The number of pyridine rings is 1. The van der Waals surface area contributed by atoms with Gasteiger partial charge in [0.25, 0.3) is 0 Å². The van der Waals surface area contributed by atoms with Crippen LogP contribution in [-0.2, 0) is 0 Å². The van der Waals surface area contributed by atoms with E-state index in [1.807, 2.05) is 18.2 Å². The van der Waals surface area contributed by atoms with Crippen molar-refractivity contribution < 1.29 is 14.3 Å². The number of ether oxygens (including phenoxy) is 2. The monoisotopic (exact) mass is 341 g/mol. The Morgan fingerprint density at radius 1 is 1.20 bits per heavy atom. The summed E-state index contributed by atoms with van der Waals surface area (Å²) in [6.07, 6.45) is 6.66. The second-order valence-corrected chi connectivity index (χ2v) is 6.44. The number of carbonyl (C=O) groups excluding carboxylic acids is 1. The molecule has 1 fully saturated rings. The molecule has 25 heavy (non-hydrogen) atoms. The van der Waals surface area contributed by atoms with Crippen molar-refractivity contribution in [2.24, 2.45) is 5.92 Å². The van der Waals surface area contributed by atoms with E-state index >= 15 is 0 Å². The fraction of sp³-hybridized carbons (Fsp3) is 0.400. The third-order valence-electron chi connectivity index (χ3n) is 4.94.